The molecule has 11 rings (SSSR count). The van der Waals surface area contributed by atoms with Gasteiger partial charge in [-0.1, -0.05) is 105 Å². The van der Waals surface area contributed by atoms with E-state index in [4.69, 9.17) is 4.42 Å². The average Bonchev–Trinajstić information content (AvgIpc) is 3.91. The normalized spacial score (nSPS) is 13.6. The van der Waals surface area contributed by atoms with Crippen molar-refractivity contribution in [2.45, 2.75) is 19.3 Å². The quantitative estimate of drug-likeness (QED) is 0.192. The molecule has 0 aliphatic heterocycles. The molecule has 0 radical (unpaired) electrons. The van der Waals surface area contributed by atoms with Crippen molar-refractivity contribution in [3.05, 3.63) is 163 Å². The molecule has 50 heavy (non-hydrogen) atoms. The van der Waals surface area contributed by atoms with Gasteiger partial charge < -0.3 is 13.7 Å². The molecule has 0 unspecified atom stereocenters. The van der Waals surface area contributed by atoms with Crippen LogP contribution in [0.25, 0.3) is 71.4 Å². The highest BCUT2D eigenvalue weighted by Crippen LogP contribution is 2.51. The molecule has 0 atom stereocenters. The molecule has 0 N–H and O–H groups in total. The number of aromatic nitrogens is 2. The summed E-state index contributed by atoms with van der Waals surface area (Å²) in [6.07, 6.45) is 1.56. The topological polar surface area (TPSA) is 33.7 Å². The van der Waals surface area contributed by atoms with Crippen LogP contribution in [0.3, 0.4) is 0 Å². The second kappa shape index (κ2) is 9.83. The molecule has 236 valence electrons. The Morgan fingerprint density at radius 2 is 1.24 bits per heavy atom. The third kappa shape index (κ3) is 3.62. The van der Waals surface area contributed by atoms with E-state index < -0.39 is 0 Å². The number of hydrogen-bond acceptors (Lipinski definition) is 3. The van der Waals surface area contributed by atoms with Crippen LogP contribution in [-0.4, -0.2) is 9.38 Å². The van der Waals surface area contributed by atoms with Crippen LogP contribution in [0.4, 0.5) is 17.1 Å². The highest BCUT2D eigenvalue weighted by Gasteiger charge is 2.36. The average molecular weight is 642 g/mol. The van der Waals surface area contributed by atoms with Crippen LogP contribution >= 0.6 is 0 Å². The van der Waals surface area contributed by atoms with Gasteiger partial charge in [-0.2, -0.15) is 0 Å². The Hall–Kier alpha value is -6.39. The van der Waals surface area contributed by atoms with Gasteiger partial charge in [-0.15, -0.1) is 0 Å². The summed E-state index contributed by atoms with van der Waals surface area (Å²) in [6.45, 7) is 4.69. The molecular formula is C46H31N3O. The Kier molecular flexibility index (Phi) is 5.42. The minimum atomic E-state index is -0.105. The monoisotopic (exact) mass is 641 g/mol. The zero-order chi connectivity index (χ0) is 33.1. The first-order valence-corrected chi connectivity index (χ1v) is 17.2. The number of para-hydroxylation sites is 1. The van der Waals surface area contributed by atoms with Crippen molar-refractivity contribution in [3.8, 4) is 22.3 Å². The lowest BCUT2D eigenvalue weighted by atomic mass is 9.82. The van der Waals surface area contributed by atoms with Crippen molar-refractivity contribution in [2.75, 3.05) is 4.90 Å². The number of fused-ring (bicyclic) bond motifs is 11. The van der Waals surface area contributed by atoms with E-state index in [0.717, 1.165) is 33.5 Å². The minimum absolute atomic E-state index is 0.105. The molecule has 0 bridgehead atoms. The summed E-state index contributed by atoms with van der Waals surface area (Å²) < 4.78 is 8.40. The van der Waals surface area contributed by atoms with E-state index in [9.17, 15) is 0 Å². The Balaban J connectivity index is 1.16. The maximum atomic E-state index is 6.00. The van der Waals surface area contributed by atoms with Crippen LogP contribution in [0, 0.1) is 0 Å². The Labute approximate surface area is 288 Å². The zero-order valence-corrected chi connectivity index (χ0v) is 27.7. The summed E-state index contributed by atoms with van der Waals surface area (Å²) in [5, 5.41) is 4.68. The van der Waals surface area contributed by atoms with Crippen molar-refractivity contribution in [2.24, 2.45) is 0 Å². The van der Waals surface area contributed by atoms with E-state index in [2.05, 4.69) is 174 Å². The molecule has 1 aliphatic carbocycles. The molecule has 0 spiro atoms. The standard InChI is InChI=1S/C46H31N3O/c1-46(2)38-14-8-6-12-33(38)34-22-20-32(25-39(34)46)48(30-18-16-29(17-19-30)28-10-4-3-5-11-28)31-21-23-42-36(24-31)37-26-40-45(50-27-47-40)43-35-13-7-9-15-41(35)49(42)44(37)43/h3-27H,1-2H3. The van der Waals surface area contributed by atoms with Gasteiger partial charge in [0.25, 0.3) is 0 Å². The van der Waals surface area contributed by atoms with Crippen molar-refractivity contribution >= 4 is 66.3 Å². The molecule has 0 amide bonds. The molecule has 7 aromatic carbocycles. The van der Waals surface area contributed by atoms with E-state index in [1.165, 1.54) is 66.1 Å². The Morgan fingerprint density at radius 1 is 0.560 bits per heavy atom. The van der Waals surface area contributed by atoms with Crippen molar-refractivity contribution in [3.63, 3.8) is 0 Å². The molecule has 3 heterocycles. The predicted molar refractivity (Wildman–Crippen MR) is 206 cm³/mol. The van der Waals surface area contributed by atoms with Crippen LogP contribution in [0.2, 0.25) is 0 Å². The number of rotatable bonds is 4. The van der Waals surface area contributed by atoms with Gasteiger partial charge in [0.1, 0.15) is 5.52 Å². The van der Waals surface area contributed by atoms with Crippen molar-refractivity contribution in [1.29, 1.82) is 0 Å². The number of oxazole rings is 1. The predicted octanol–water partition coefficient (Wildman–Crippen LogP) is 12.4. The third-order valence-electron chi connectivity index (χ3n) is 11.1. The van der Waals surface area contributed by atoms with Crippen LogP contribution in [0.1, 0.15) is 25.0 Å². The molecule has 0 saturated heterocycles. The van der Waals surface area contributed by atoms with E-state index in [-0.39, 0.29) is 5.41 Å². The zero-order valence-electron chi connectivity index (χ0n) is 27.7. The number of benzene rings is 7. The first-order valence-electron chi connectivity index (χ1n) is 17.2. The van der Waals surface area contributed by atoms with E-state index in [0.29, 0.717) is 0 Å². The molecule has 0 saturated carbocycles. The Morgan fingerprint density at radius 3 is 2.12 bits per heavy atom. The molecule has 3 aromatic heterocycles. The van der Waals surface area contributed by atoms with E-state index in [1.54, 1.807) is 6.39 Å². The SMILES string of the molecule is CC1(C)c2ccccc2-c2ccc(N(c3ccc(-c4ccccc4)cc3)c3ccc4c(c3)c3cc5ncoc5c5c6ccccc6n4c35)cc21. The molecule has 10 aromatic rings. The summed E-state index contributed by atoms with van der Waals surface area (Å²) >= 11 is 0. The lowest BCUT2D eigenvalue weighted by Crippen LogP contribution is -2.16. The van der Waals surface area contributed by atoms with Gasteiger partial charge in [-0.05, 0) is 88.0 Å². The van der Waals surface area contributed by atoms with Crippen LogP contribution in [0.5, 0.6) is 0 Å². The highest BCUT2D eigenvalue weighted by molar-refractivity contribution is 6.30. The summed E-state index contributed by atoms with van der Waals surface area (Å²) in [7, 11) is 0. The van der Waals surface area contributed by atoms with Crippen LogP contribution < -0.4 is 4.90 Å². The maximum Gasteiger partial charge on any atom is 0.182 e. The first kappa shape index (κ1) is 27.5. The number of nitrogens with zero attached hydrogens (tertiary/aromatic N) is 3. The van der Waals surface area contributed by atoms with E-state index in [1.807, 2.05) is 0 Å². The number of anilines is 3. The van der Waals surface area contributed by atoms with Gasteiger partial charge in [-0.25, -0.2) is 4.98 Å². The highest BCUT2D eigenvalue weighted by atomic mass is 16.3. The molecule has 0 fully saturated rings. The van der Waals surface area contributed by atoms with Gasteiger partial charge in [-0.3, -0.25) is 0 Å². The van der Waals surface area contributed by atoms with Gasteiger partial charge in [0.05, 0.1) is 21.9 Å². The van der Waals surface area contributed by atoms with Crippen molar-refractivity contribution < 1.29 is 4.42 Å². The molecule has 4 nitrogen and oxygen atoms in total. The van der Waals surface area contributed by atoms with Crippen LogP contribution in [-0.2, 0) is 5.41 Å². The fourth-order valence-electron chi connectivity index (χ4n) is 8.72. The van der Waals surface area contributed by atoms with Crippen molar-refractivity contribution in [1.82, 2.24) is 9.38 Å². The maximum absolute atomic E-state index is 6.00. The van der Waals surface area contributed by atoms with Gasteiger partial charge in [0, 0.05) is 38.6 Å². The molecule has 4 heteroatoms. The van der Waals surface area contributed by atoms with Gasteiger partial charge >= 0.3 is 0 Å². The second-order valence-corrected chi connectivity index (χ2v) is 14.1. The lowest BCUT2D eigenvalue weighted by Gasteiger charge is -2.28. The number of hydrogen-bond donors (Lipinski definition) is 0. The first-order chi connectivity index (χ1) is 24.6. The summed E-state index contributed by atoms with van der Waals surface area (Å²) in [6, 6.07) is 53.1. The third-order valence-corrected chi connectivity index (χ3v) is 11.1. The largest absolute Gasteiger partial charge is 0.443 e. The molecular weight excluding hydrogens is 611 g/mol. The summed E-state index contributed by atoms with van der Waals surface area (Å²) in [5.74, 6) is 0. The summed E-state index contributed by atoms with van der Waals surface area (Å²) in [5.41, 5.74) is 16.3. The summed E-state index contributed by atoms with van der Waals surface area (Å²) in [4.78, 5) is 7.03. The van der Waals surface area contributed by atoms with Gasteiger partial charge in [0.2, 0.25) is 0 Å². The van der Waals surface area contributed by atoms with Crippen LogP contribution in [0.15, 0.2) is 156 Å². The fraction of sp³-hybridized carbons (Fsp3) is 0.0652. The second-order valence-electron chi connectivity index (χ2n) is 14.1. The molecule has 1 aliphatic rings. The lowest BCUT2D eigenvalue weighted by molar-refractivity contribution is 0.605. The minimum Gasteiger partial charge on any atom is -0.443 e. The fourth-order valence-corrected chi connectivity index (χ4v) is 8.72. The van der Waals surface area contributed by atoms with E-state index >= 15 is 0 Å². The Bertz CT molecular complexity index is 2950. The smallest absolute Gasteiger partial charge is 0.182 e. The van der Waals surface area contributed by atoms with Gasteiger partial charge in [0.15, 0.2) is 12.0 Å².